The molecule has 1 saturated heterocycles. The van der Waals surface area contributed by atoms with Gasteiger partial charge in [-0.1, -0.05) is 12.1 Å². The first-order chi connectivity index (χ1) is 13.4. The number of esters is 1. The Hall–Kier alpha value is -2.29. The molecule has 1 atom stereocenters. The molecule has 6 nitrogen and oxygen atoms in total. The van der Waals surface area contributed by atoms with E-state index >= 15 is 0 Å². The summed E-state index contributed by atoms with van der Waals surface area (Å²) in [5, 5.41) is 0. The van der Waals surface area contributed by atoms with E-state index in [0.717, 1.165) is 12.1 Å². The van der Waals surface area contributed by atoms with Gasteiger partial charge in [0.1, 0.15) is 5.60 Å². The second-order valence-corrected chi connectivity index (χ2v) is 7.92. The first kappa shape index (κ1) is 23.0. The summed E-state index contributed by atoms with van der Waals surface area (Å²) in [6.07, 6.45) is -4.98. The monoisotopic (exact) mass is 416 g/mol. The molecular weight excluding hydrogens is 389 g/mol. The number of ether oxygens (including phenoxy) is 2. The van der Waals surface area contributed by atoms with Crippen molar-refractivity contribution in [1.82, 2.24) is 9.80 Å². The molecular formula is C20H27F3N2O4. The minimum atomic E-state index is -4.47. The molecule has 29 heavy (non-hydrogen) atoms. The normalized spacial score (nSPS) is 17.0. The lowest BCUT2D eigenvalue weighted by Crippen LogP contribution is -2.51. The first-order valence-electron chi connectivity index (χ1n) is 9.36. The lowest BCUT2D eigenvalue weighted by atomic mass is 9.98. The molecule has 1 amide bonds. The van der Waals surface area contributed by atoms with Crippen LogP contribution in [0.5, 0.6) is 0 Å². The molecule has 0 bridgehead atoms. The van der Waals surface area contributed by atoms with Gasteiger partial charge in [-0.3, -0.25) is 9.69 Å². The third-order valence-electron chi connectivity index (χ3n) is 4.59. The van der Waals surface area contributed by atoms with Gasteiger partial charge in [-0.15, -0.1) is 0 Å². The highest BCUT2D eigenvalue weighted by molar-refractivity contribution is 5.70. The van der Waals surface area contributed by atoms with Gasteiger partial charge in [-0.2, -0.15) is 13.2 Å². The maximum absolute atomic E-state index is 13.1. The zero-order chi connectivity index (χ0) is 21.8. The standard InChI is InChI=1S/C20H27F3N2O4/c1-19(2,3)29-18(27)25-10-8-24(9-11-25)16(13-17(26)28-4)14-6-5-7-15(12-14)20(21,22)23/h5-7,12,16H,8-11,13H2,1-4H3. The summed E-state index contributed by atoms with van der Waals surface area (Å²) in [7, 11) is 1.24. The first-order valence-corrected chi connectivity index (χ1v) is 9.36. The third kappa shape index (κ3) is 6.62. The predicted octanol–water partition coefficient (Wildman–Crippen LogP) is 3.86. The maximum Gasteiger partial charge on any atom is 0.416 e. The van der Waals surface area contributed by atoms with Crippen molar-refractivity contribution in [3.05, 3.63) is 35.4 Å². The van der Waals surface area contributed by atoms with Crippen LogP contribution in [0, 0.1) is 0 Å². The fourth-order valence-electron chi connectivity index (χ4n) is 3.16. The summed E-state index contributed by atoms with van der Waals surface area (Å²) in [5.74, 6) is -0.512. The minimum Gasteiger partial charge on any atom is -0.469 e. The molecule has 0 aromatic heterocycles. The Kier molecular flexibility index (Phi) is 7.15. The van der Waals surface area contributed by atoms with Crippen LogP contribution in [-0.2, 0) is 20.4 Å². The molecule has 1 aliphatic heterocycles. The Balaban J connectivity index is 2.16. The molecule has 0 spiro atoms. The topological polar surface area (TPSA) is 59.1 Å². The van der Waals surface area contributed by atoms with Gasteiger partial charge in [-0.05, 0) is 38.5 Å². The van der Waals surface area contributed by atoms with Gasteiger partial charge in [-0.25, -0.2) is 4.79 Å². The largest absolute Gasteiger partial charge is 0.469 e. The second kappa shape index (κ2) is 9.02. The number of carbonyl (C=O) groups excluding carboxylic acids is 2. The van der Waals surface area contributed by atoms with Crippen LogP contribution in [0.25, 0.3) is 0 Å². The Labute approximate surface area is 168 Å². The number of alkyl halides is 3. The number of rotatable bonds is 4. The van der Waals surface area contributed by atoms with E-state index in [1.54, 1.807) is 31.7 Å². The highest BCUT2D eigenvalue weighted by Crippen LogP contribution is 2.33. The van der Waals surface area contributed by atoms with E-state index < -0.39 is 35.4 Å². The summed E-state index contributed by atoms with van der Waals surface area (Å²) < 4.78 is 49.4. The van der Waals surface area contributed by atoms with E-state index in [1.165, 1.54) is 13.2 Å². The quantitative estimate of drug-likeness (QED) is 0.698. The maximum atomic E-state index is 13.1. The molecule has 2 rings (SSSR count). The fraction of sp³-hybridized carbons (Fsp3) is 0.600. The van der Waals surface area contributed by atoms with Gasteiger partial charge in [0.25, 0.3) is 0 Å². The number of amides is 1. The number of methoxy groups -OCH3 is 1. The number of nitrogens with zero attached hydrogens (tertiary/aromatic N) is 2. The van der Waals surface area contributed by atoms with E-state index in [0.29, 0.717) is 31.7 Å². The molecule has 1 unspecified atom stereocenters. The Morgan fingerprint density at radius 2 is 1.72 bits per heavy atom. The highest BCUT2D eigenvalue weighted by atomic mass is 19.4. The van der Waals surface area contributed by atoms with Crippen molar-refractivity contribution in [2.45, 2.75) is 45.0 Å². The molecule has 1 heterocycles. The highest BCUT2D eigenvalue weighted by Gasteiger charge is 2.34. The minimum absolute atomic E-state index is 0.0791. The van der Waals surface area contributed by atoms with Gasteiger partial charge < -0.3 is 14.4 Å². The number of carbonyl (C=O) groups is 2. The predicted molar refractivity (Wildman–Crippen MR) is 100 cm³/mol. The Morgan fingerprint density at radius 1 is 1.10 bits per heavy atom. The summed E-state index contributed by atoms with van der Waals surface area (Å²) in [6, 6.07) is 4.39. The molecule has 162 valence electrons. The van der Waals surface area contributed by atoms with Crippen molar-refractivity contribution in [3.63, 3.8) is 0 Å². The Bertz CT molecular complexity index is 723. The van der Waals surface area contributed by atoms with Gasteiger partial charge in [0.2, 0.25) is 0 Å². The zero-order valence-corrected chi connectivity index (χ0v) is 17.1. The number of hydrogen-bond donors (Lipinski definition) is 0. The average Bonchev–Trinajstić information content (AvgIpc) is 2.64. The van der Waals surface area contributed by atoms with Crippen LogP contribution in [0.1, 0.15) is 44.4 Å². The van der Waals surface area contributed by atoms with Crippen LogP contribution in [0.15, 0.2) is 24.3 Å². The van der Waals surface area contributed by atoms with E-state index in [9.17, 15) is 22.8 Å². The van der Waals surface area contributed by atoms with Crippen molar-refractivity contribution < 1.29 is 32.2 Å². The van der Waals surface area contributed by atoms with Crippen LogP contribution in [0.3, 0.4) is 0 Å². The van der Waals surface area contributed by atoms with Gasteiger partial charge in [0.05, 0.1) is 19.1 Å². The third-order valence-corrected chi connectivity index (χ3v) is 4.59. The van der Waals surface area contributed by atoms with Crippen molar-refractivity contribution >= 4 is 12.1 Å². The number of piperazine rings is 1. The molecule has 1 fully saturated rings. The van der Waals surface area contributed by atoms with E-state index in [4.69, 9.17) is 9.47 Å². The van der Waals surface area contributed by atoms with Gasteiger partial charge >= 0.3 is 18.2 Å². The lowest BCUT2D eigenvalue weighted by molar-refractivity contribution is -0.142. The van der Waals surface area contributed by atoms with Crippen LogP contribution in [-0.4, -0.2) is 60.8 Å². The number of hydrogen-bond acceptors (Lipinski definition) is 5. The Morgan fingerprint density at radius 3 is 2.24 bits per heavy atom. The number of benzene rings is 1. The molecule has 0 N–H and O–H groups in total. The van der Waals surface area contributed by atoms with Crippen LogP contribution >= 0.6 is 0 Å². The van der Waals surface area contributed by atoms with Crippen molar-refractivity contribution in [1.29, 1.82) is 0 Å². The summed E-state index contributed by atoms with van der Waals surface area (Å²) in [5.41, 5.74) is -0.993. The number of halogens is 3. The zero-order valence-electron chi connectivity index (χ0n) is 17.1. The van der Waals surface area contributed by atoms with Crippen LogP contribution in [0.2, 0.25) is 0 Å². The van der Waals surface area contributed by atoms with Crippen LogP contribution in [0.4, 0.5) is 18.0 Å². The molecule has 9 heteroatoms. The average molecular weight is 416 g/mol. The smallest absolute Gasteiger partial charge is 0.416 e. The van der Waals surface area contributed by atoms with E-state index in [2.05, 4.69) is 0 Å². The second-order valence-electron chi connectivity index (χ2n) is 7.92. The fourth-order valence-corrected chi connectivity index (χ4v) is 3.16. The molecule has 0 radical (unpaired) electrons. The molecule has 1 aromatic carbocycles. The van der Waals surface area contributed by atoms with E-state index in [-0.39, 0.29) is 6.42 Å². The van der Waals surface area contributed by atoms with Gasteiger partial charge in [0, 0.05) is 32.2 Å². The molecule has 1 aromatic rings. The van der Waals surface area contributed by atoms with Crippen molar-refractivity contribution in [2.24, 2.45) is 0 Å². The van der Waals surface area contributed by atoms with Crippen molar-refractivity contribution in [3.8, 4) is 0 Å². The SMILES string of the molecule is COC(=O)CC(c1cccc(C(F)(F)F)c1)N1CCN(C(=O)OC(C)(C)C)CC1. The van der Waals surface area contributed by atoms with E-state index in [1.807, 2.05) is 4.90 Å². The van der Waals surface area contributed by atoms with Gasteiger partial charge in [0.15, 0.2) is 0 Å². The molecule has 0 saturated carbocycles. The molecule has 1 aliphatic rings. The summed E-state index contributed by atoms with van der Waals surface area (Å²) in [6.45, 7) is 6.84. The van der Waals surface area contributed by atoms with Crippen molar-refractivity contribution in [2.75, 3.05) is 33.3 Å². The molecule has 0 aliphatic carbocycles. The lowest BCUT2D eigenvalue weighted by Gasteiger charge is -2.39. The summed E-state index contributed by atoms with van der Waals surface area (Å²) >= 11 is 0. The van der Waals surface area contributed by atoms with Crippen LogP contribution < -0.4 is 0 Å². The summed E-state index contributed by atoms with van der Waals surface area (Å²) in [4.78, 5) is 27.6.